The van der Waals surface area contributed by atoms with Crippen LogP contribution in [0.4, 0.5) is 13.2 Å². The number of hydrogen-bond donors (Lipinski definition) is 2. The Balaban J connectivity index is 0.00000242. The quantitative estimate of drug-likeness (QED) is 0.827. The summed E-state index contributed by atoms with van der Waals surface area (Å²) in [4.78, 5) is -0.845. The van der Waals surface area contributed by atoms with E-state index in [9.17, 15) is 21.6 Å². The molecule has 2 rings (SSSR count). The zero-order valence-electron chi connectivity index (χ0n) is 11.2. The minimum Gasteiger partial charge on any atom is -0.326 e. The molecular weight excluding hydrogens is 364 g/mol. The highest BCUT2D eigenvalue weighted by atomic mass is 35.5. The van der Waals surface area contributed by atoms with Gasteiger partial charge < -0.3 is 5.73 Å². The summed E-state index contributed by atoms with van der Waals surface area (Å²) in [7, 11) is -4.30. The van der Waals surface area contributed by atoms with Crippen molar-refractivity contribution in [2.24, 2.45) is 11.7 Å². The summed E-state index contributed by atoms with van der Waals surface area (Å²) in [5, 5.41) is -0.184. The molecule has 4 nitrogen and oxygen atoms in total. The number of rotatable bonds is 5. The Labute approximate surface area is 137 Å². The van der Waals surface area contributed by atoms with Crippen LogP contribution in [-0.4, -0.2) is 21.0 Å². The minimum atomic E-state index is -4.81. The zero-order valence-corrected chi connectivity index (χ0v) is 13.6. The van der Waals surface area contributed by atoms with Crippen molar-refractivity contribution in [3.63, 3.8) is 0 Å². The molecule has 1 aromatic carbocycles. The van der Waals surface area contributed by atoms with E-state index in [0.29, 0.717) is 6.07 Å². The lowest BCUT2D eigenvalue weighted by atomic mass is 10.2. The van der Waals surface area contributed by atoms with Gasteiger partial charge in [0.2, 0.25) is 10.0 Å². The summed E-state index contributed by atoms with van der Waals surface area (Å²) in [6.07, 6.45) is -2.98. The molecule has 1 fully saturated rings. The van der Waals surface area contributed by atoms with Gasteiger partial charge in [-0.2, -0.15) is 13.2 Å². The molecule has 0 spiro atoms. The lowest BCUT2D eigenvalue weighted by Gasteiger charge is -2.16. The molecule has 0 radical (unpaired) electrons. The van der Waals surface area contributed by atoms with Gasteiger partial charge in [0, 0.05) is 17.6 Å². The van der Waals surface area contributed by atoms with Crippen molar-refractivity contribution in [2.45, 2.75) is 30.0 Å². The van der Waals surface area contributed by atoms with Gasteiger partial charge in [0.1, 0.15) is 0 Å². The Kier molecular flexibility index (Phi) is 6.14. The summed E-state index contributed by atoms with van der Waals surface area (Å²) in [6.45, 7) is -0.0904. The first kappa shape index (κ1) is 19.5. The van der Waals surface area contributed by atoms with Gasteiger partial charge in [-0.25, -0.2) is 13.1 Å². The van der Waals surface area contributed by atoms with Gasteiger partial charge in [-0.3, -0.25) is 0 Å². The summed E-state index contributed by atoms with van der Waals surface area (Å²) in [5.41, 5.74) is 4.45. The van der Waals surface area contributed by atoms with Crippen molar-refractivity contribution in [1.82, 2.24) is 4.72 Å². The number of nitrogens with one attached hydrogen (secondary N) is 1. The Morgan fingerprint density at radius 2 is 1.95 bits per heavy atom. The fraction of sp³-hybridized carbons (Fsp3) is 0.500. The smallest absolute Gasteiger partial charge is 0.326 e. The number of benzene rings is 1. The molecule has 1 unspecified atom stereocenters. The van der Waals surface area contributed by atoms with E-state index in [1.165, 1.54) is 0 Å². The van der Waals surface area contributed by atoms with E-state index < -0.39 is 26.7 Å². The van der Waals surface area contributed by atoms with Crippen LogP contribution in [0.3, 0.4) is 0 Å². The van der Waals surface area contributed by atoms with E-state index in [0.717, 1.165) is 25.0 Å². The van der Waals surface area contributed by atoms with E-state index in [1.54, 1.807) is 0 Å². The maximum Gasteiger partial charge on any atom is 0.417 e. The highest BCUT2D eigenvalue weighted by molar-refractivity contribution is 7.89. The Morgan fingerprint density at radius 1 is 1.36 bits per heavy atom. The molecule has 1 saturated carbocycles. The third-order valence-electron chi connectivity index (χ3n) is 3.27. The monoisotopic (exact) mass is 378 g/mol. The van der Waals surface area contributed by atoms with Crippen LogP contribution in [0.25, 0.3) is 0 Å². The van der Waals surface area contributed by atoms with E-state index in [4.69, 9.17) is 17.3 Å². The molecule has 1 aromatic rings. The van der Waals surface area contributed by atoms with Gasteiger partial charge in [0.15, 0.2) is 0 Å². The Hall–Kier alpha value is -0.540. The van der Waals surface area contributed by atoms with Gasteiger partial charge in [-0.1, -0.05) is 11.6 Å². The summed E-state index contributed by atoms with van der Waals surface area (Å²) in [5.74, 6) is 0.236. The highest BCUT2D eigenvalue weighted by Crippen LogP contribution is 2.36. The zero-order chi connectivity index (χ0) is 15.8. The van der Waals surface area contributed by atoms with Crippen LogP contribution >= 0.6 is 24.0 Å². The summed E-state index contributed by atoms with van der Waals surface area (Å²) < 4.78 is 65.0. The normalized spacial score (nSPS) is 17.0. The second kappa shape index (κ2) is 6.92. The molecule has 1 aliphatic rings. The summed E-state index contributed by atoms with van der Waals surface area (Å²) in [6, 6.07) is 2.15. The van der Waals surface area contributed by atoms with Gasteiger partial charge in [0.05, 0.1) is 10.5 Å². The van der Waals surface area contributed by atoms with Crippen molar-refractivity contribution < 1.29 is 21.6 Å². The van der Waals surface area contributed by atoms with Crippen LogP contribution in [0.5, 0.6) is 0 Å². The number of hydrogen-bond acceptors (Lipinski definition) is 3. The molecule has 10 heteroatoms. The molecule has 0 saturated heterocycles. The first-order valence-electron chi connectivity index (χ1n) is 6.23. The number of halogens is 5. The first-order chi connectivity index (χ1) is 9.61. The Bertz CT molecular complexity index is 634. The lowest BCUT2D eigenvalue weighted by molar-refractivity contribution is -0.139. The molecular formula is C12H15Cl2F3N2O2S. The van der Waals surface area contributed by atoms with Gasteiger partial charge >= 0.3 is 6.18 Å². The van der Waals surface area contributed by atoms with Gasteiger partial charge in [-0.15, -0.1) is 12.4 Å². The van der Waals surface area contributed by atoms with Crippen molar-refractivity contribution in [1.29, 1.82) is 0 Å². The molecule has 1 aliphatic carbocycles. The molecule has 1 atom stereocenters. The topological polar surface area (TPSA) is 72.2 Å². The first-order valence-corrected chi connectivity index (χ1v) is 8.09. The second-order valence-electron chi connectivity index (χ2n) is 4.99. The highest BCUT2D eigenvalue weighted by Gasteiger charge is 2.38. The fourth-order valence-electron chi connectivity index (χ4n) is 1.93. The Morgan fingerprint density at radius 3 is 2.45 bits per heavy atom. The molecule has 22 heavy (non-hydrogen) atoms. The predicted molar refractivity (Wildman–Crippen MR) is 79.6 cm³/mol. The van der Waals surface area contributed by atoms with Crippen LogP contribution in [0.1, 0.15) is 18.4 Å². The molecule has 0 amide bonds. The molecule has 0 aromatic heterocycles. The molecule has 0 heterocycles. The van der Waals surface area contributed by atoms with Crippen molar-refractivity contribution in [2.75, 3.05) is 6.54 Å². The predicted octanol–water partition coefficient (Wildman–Crippen LogP) is 2.80. The third-order valence-corrected chi connectivity index (χ3v) is 4.99. The average Bonchev–Trinajstić information content (AvgIpc) is 3.19. The molecule has 126 valence electrons. The molecule has 0 bridgehead atoms. The van der Waals surface area contributed by atoms with Crippen molar-refractivity contribution in [3.05, 3.63) is 28.8 Å². The van der Waals surface area contributed by atoms with Crippen molar-refractivity contribution in [3.8, 4) is 0 Å². The fourth-order valence-corrected chi connectivity index (χ4v) is 3.38. The maximum absolute atomic E-state index is 12.9. The van der Waals surface area contributed by atoms with Crippen LogP contribution < -0.4 is 10.5 Å². The van der Waals surface area contributed by atoms with E-state index in [2.05, 4.69) is 4.72 Å². The van der Waals surface area contributed by atoms with Crippen molar-refractivity contribution >= 4 is 34.0 Å². The minimum absolute atomic E-state index is 0. The van der Waals surface area contributed by atoms with Crippen LogP contribution in [0.15, 0.2) is 23.1 Å². The molecule has 0 aliphatic heterocycles. The van der Waals surface area contributed by atoms with E-state index in [-0.39, 0.29) is 35.9 Å². The lowest BCUT2D eigenvalue weighted by Crippen LogP contribution is -2.39. The van der Waals surface area contributed by atoms with E-state index >= 15 is 0 Å². The number of nitrogens with two attached hydrogens (primary N) is 1. The van der Waals surface area contributed by atoms with Crippen LogP contribution in [0, 0.1) is 5.92 Å². The second-order valence-corrected chi connectivity index (χ2v) is 7.16. The average molecular weight is 379 g/mol. The third kappa shape index (κ3) is 4.73. The largest absolute Gasteiger partial charge is 0.417 e. The maximum atomic E-state index is 12.9. The van der Waals surface area contributed by atoms with Crippen LogP contribution in [0.2, 0.25) is 5.02 Å². The SMILES string of the molecule is Cl.NC(CNS(=O)(=O)c1ccc(Cl)cc1C(F)(F)F)C1CC1. The van der Waals surface area contributed by atoms with Gasteiger partial charge in [0.25, 0.3) is 0 Å². The van der Waals surface area contributed by atoms with Crippen LogP contribution in [-0.2, 0) is 16.2 Å². The molecule has 3 N–H and O–H groups in total. The standard InChI is InChI=1S/C12H14ClF3N2O2S.ClH/c13-8-3-4-11(9(5-8)12(14,15)16)21(19,20)18-6-10(17)7-1-2-7;/h3-5,7,10,18H,1-2,6,17H2;1H. The number of alkyl halides is 3. The summed E-state index contributed by atoms with van der Waals surface area (Å²) >= 11 is 5.52. The van der Waals surface area contributed by atoms with E-state index in [1.807, 2.05) is 0 Å². The van der Waals surface area contributed by atoms with Gasteiger partial charge in [-0.05, 0) is 37.0 Å². The number of sulfonamides is 1.